The summed E-state index contributed by atoms with van der Waals surface area (Å²) in [6.07, 6.45) is 3.71. The summed E-state index contributed by atoms with van der Waals surface area (Å²) in [5.74, 6) is 2.75. The van der Waals surface area contributed by atoms with Crippen LogP contribution in [0, 0.1) is 19.8 Å². The number of nitrogens with one attached hydrogen (secondary N) is 2. The van der Waals surface area contributed by atoms with Gasteiger partial charge in [0, 0.05) is 43.0 Å². The molecule has 0 aliphatic heterocycles. The molecule has 1 amide bonds. The summed E-state index contributed by atoms with van der Waals surface area (Å²) < 4.78 is 6.30. The van der Waals surface area contributed by atoms with Crippen LogP contribution in [0.15, 0.2) is 52.8 Å². The number of carbonyl (C=O) groups is 1. The van der Waals surface area contributed by atoms with Crippen LogP contribution >= 0.6 is 11.3 Å². The maximum Gasteiger partial charge on any atom is 0.225 e. The standard InChI is InChI=1S/C30H39N5O2S/c1-6-35(7-2)28(36)22-13-15-23(16-14-22)32-29(31-5)34-30-33-25(19-38-30)24-10-8-9-11-27(24)37-26-17-12-20(3)18-21(26)4/h8-12,17-19,22-23H,6-7,13-16H2,1-5H3,(H2,31,32,33,34). The fraction of sp³-hybridized carbons (Fsp3) is 0.433. The van der Waals surface area contributed by atoms with E-state index in [1.54, 1.807) is 7.05 Å². The first-order chi connectivity index (χ1) is 18.4. The lowest BCUT2D eigenvalue weighted by Crippen LogP contribution is -2.44. The fourth-order valence-electron chi connectivity index (χ4n) is 4.98. The van der Waals surface area contributed by atoms with Crippen LogP contribution in [0.2, 0.25) is 0 Å². The third-order valence-electron chi connectivity index (χ3n) is 7.16. The summed E-state index contributed by atoms with van der Waals surface area (Å²) in [6.45, 7) is 9.79. The van der Waals surface area contributed by atoms with Gasteiger partial charge in [0.2, 0.25) is 5.91 Å². The smallest absolute Gasteiger partial charge is 0.225 e. The highest BCUT2D eigenvalue weighted by atomic mass is 32.1. The minimum atomic E-state index is 0.135. The lowest BCUT2D eigenvalue weighted by Gasteiger charge is -2.32. The maximum absolute atomic E-state index is 12.7. The van der Waals surface area contributed by atoms with E-state index in [-0.39, 0.29) is 12.0 Å². The van der Waals surface area contributed by atoms with Gasteiger partial charge in [-0.3, -0.25) is 9.79 Å². The van der Waals surface area contributed by atoms with E-state index in [0.717, 1.165) is 72.2 Å². The van der Waals surface area contributed by atoms with E-state index in [9.17, 15) is 4.79 Å². The summed E-state index contributed by atoms with van der Waals surface area (Å²) in [7, 11) is 1.77. The Hall–Kier alpha value is -3.39. The summed E-state index contributed by atoms with van der Waals surface area (Å²) in [6, 6.07) is 14.5. The van der Waals surface area contributed by atoms with Crippen LogP contribution in [0.25, 0.3) is 11.3 Å². The zero-order valence-corrected chi connectivity index (χ0v) is 23.9. The molecule has 3 aromatic rings. The first-order valence-electron chi connectivity index (χ1n) is 13.5. The molecular formula is C30H39N5O2S. The molecule has 0 bridgehead atoms. The number of rotatable bonds is 8. The van der Waals surface area contributed by atoms with Crippen LogP contribution in [-0.4, -0.2) is 47.9 Å². The number of hydrogen-bond donors (Lipinski definition) is 2. The van der Waals surface area contributed by atoms with Gasteiger partial charge in [0.05, 0.1) is 5.69 Å². The van der Waals surface area contributed by atoms with Gasteiger partial charge in [0.1, 0.15) is 11.5 Å². The molecule has 4 rings (SSSR count). The van der Waals surface area contributed by atoms with E-state index in [1.807, 2.05) is 54.5 Å². The van der Waals surface area contributed by atoms with Crippen molar-refractivity contribution in [3.8, 4) is 22.8 Å². The SMILES string of the molecule is CCN(CC)C(=O)C1CCC(NC(=NC)Nc2nc(-c3ccccc3Oc3ccc(C)cc3C)cs2)CC1. The average molecular weight is 534 g/mol. The van der Waals surface area contributed by atoms with Gasteiger partial charge in [-0.05, 0) is 77.1 Å². The monoisotopic (exact) mass is 533 g/mol. The van der Waals surface area contributed by atoms with Crippen molar-refractivity contribution in [2.24, 2.45) is 10.9 Å². The van der Waals surface area contributed by atoms with Crippen molar-refractivity contribution in [3.63, 3.8) is 0 Å². The number of thiazole rings is 1. The Labute approximate surface area is 230 Å². The molecule has 1 saturated carbocycles. The normalized spacial score (nSPS) is 17.7. The van der Waals surface area contributed by atoms with Crippen molar-refractivity contribution < 1.29 is 9.53 Å². The Balaban J connectivity index is 1.38. The average Bonchev–Trinajstić information content (AvgIpc) is 3.39. The molecule has 1 aliphatic rings. The minimum absolute atomic E-state index is 0.135. The summed E-state index contributed by atoms with van der Waals surface area (Å²) >= 11 is 1.53. The Bertz CT molecular complexity index is 1260. The Morgan fingerprint density at radius 2 is 1.82 bits per heavy atom. The molecule has 7 nitrogen and oxygen atoms in total. The van der Waals surface area contributed by atoms with Gasteiger partial charge in [-0.2, -0.15) is 0 Å². The van der Waals surface area contributed by atoms with Crippen molar-refractivity contribution >= 4 is 28.3 Å². The first-order valence-corrected chi connectivity index (χ1v) is 14.4. The molecule has 0 atom stereocenters. The van der Waals surface area contributed by atoms with Gasteiger partial charge in [-0.25, -0.2) is 4.98 Å². The number of aromatic nitrogens is 1. The summed E-state index contributed by atoms with van der Waals surface area (Å²) in [4.78, 5) is 23.9. The largest absolute Gasteiger partial charge is 0.456 e. The molecule has 1 aromatic heterocycles. The molecule has 0 unspecified atom stereocenters. The number of ether oxygens (including phenoxy) is 1. The zero-order chi connectivity index (χ0) is 27.1. The number of nitrogens with zero attached hydrogens (tertiary/aromatic N) is 3. The van der Waals surface area contributed by atoms with Crippen LogP contribution in [0.1, 0.15) is 50.7 Å². The van der Waals surface area contributed by atoms with E-state index in [2.05, 4.69) is 41.6 Å². The second-order valence-electron chi connectivity index (χ2n) is 9.81. The van der Waals surface area contributed by atoms with E-state index in [0.29, 0.717) is 11.9 Å². The van der Waals surface area contributed by atoms with E-state index in [1.165, 1.54) is 16.9 Å². The van der Waals surface area contributed by atoms with Gasteiger partial charge in [-0.15, -0.1) is 11.3 Å². The highest BCUT2D eigenvalue weighted by Crippen LogP contribution is 2.36. The summed E-state index contributed by atoms with van der Waals surface area (Å²) in [5, 5.41) is 9.68. The molecule has 1 fully saturated rings. The lowest BCUT2D eigenvalue weighted by molar-refractivity contribution is -0.136. The van der Waals surface area contributed by atoms with E-state index in [4.69, 9.17) is 9.72 Å². The van der Waals surface area contributed by atoms with Crippen molar-refractivity contribution in [1.82, 2.24) is 15.2 Å². The zero-order valence-electron chi connectivity index (χ0n) is 23.1. The van der Waals surface area contributed by atoms with Crippen molar-refractivity contribution in [2.45, 2.75) is 59.4 Å². The topological polar surface area (TPSA) is 78.9 Å². The molecule has 2 N–H and O–H groups in total. The Kier molecular flexibility index (Phi) is 9.39. The van der Waals surface area contributed by atoms with Gasteiger partial charge < -0.3 is 20.3 Å². The molecule has 1 heterocycles. The van der Waals surface area contributed by atoms with Crippen LogP contribution in [0.4, 0.5) is 5.13 Å². The predicted molar refractivity (Wildman–Crippen MR) is 157 cm³/mol. The molecule has 38 heavy (non-hydrogen) atoms. The number of para-hydroxylation sites is 1. The molecule has 1 aliphatic carbocycles. The maximum atomic E-state index is 12.7. The molecule has 0 radical (unpaired) electrons. The minimum Gasteiger partial charge on any atom is -0.456 e. The van der Waals surface area contributed by atoms with Gasteiger partial charge in [0.15, 0.2) is 11.1 Å². The molecule has 8 heteroatoms. The van der Waals surface area contributed by atoms with Gasteiger partial charge in [0.25, 0.3) is 0 Å². The highest BCUT2D eigenvalue weighted by Gasteiger charge is 2.29. The number of aliphatic imine (C=N–C) groups is 1. The van der Waals surface area contributed by atoms with Crippen molar-refractivity contribution in [3.05, 3.63) is 59.0 Å². The predicted octanol–water partition coefficient (Wildman–Crippen LogP) is 6.63. The Morgan fingerprint density at radius 3 is 2.50 bits per heavy atom. The van der Waals surface area contributed by atoms with Gasteiger partial charge in [-0.1, -0.05) is 29.8 Å². The number of aryl methyl sites for hydroxylation is 2. The fourth-order valence-corrected chi connectivity index (χ4v) is 5.69. The number of benzene rings is 2. The van der Waals surface area contributed by atoms with Gasteiger partial charge >= 0.3 is 0 Å². The number of amides is 1. The van der Waals surface area contributed by atoms with E-state index >= 15 is 0 Å². The second-order valence-corrected chi connectivity index (χ2v) is 10.7. The number of carbonyl (C=O) groups excluding carboxylic acids is 1. The Morgan fingerprint density at radius 1 is 1.08 bits per heavy atom. The second kappa shape index (κ2) is 12.9. The lowest BCUT2D eigenvalue weighted by atomic mass is 9.85. The third kappa shape index (κ3) is 6.72. The van der Waals surface area contributed by atoms with Crippen LogP contribution < -0.4 is 15.4 Å². The number of guanidine groups is 1. The molecule has 0 saturated heterocycles. The molecule has 2 aromatic carbocycles. The quantitative estimate of drug-likeness (QED) is 0.251. The molecular weight excluding hydrogens is 494 g/mol. The number of anilines is 1. The third-order valence-corrected chi connectivity index (χ3v) is 7.92. The van der Waals surface area contributed by atoms with Crippen LogP contribution in [-0.2, 0) is 4.79 Å². The molecule has 0 spiro atoms. The van der Waals surface area contributed by atoms with Crippen LogP contribution in [0.3, 0.4) is 0 Å². The summed E-state index contributed by atoms with van der Waals surface area (Å²) in [5.41, 5.74) is 4.10. The van der Waals surface area contributed by atoms with E-state index < -0.39 is 0 Å². The number of hydrogen-bond acceptors (Lipinski definition) is 5. The van der Waals surface area contributed by atoms with Crippen LogP contribution in [0.5, 0.6) is 11.5 Å². The highest BCUT2D eigenvalue weighted by molar-refractivity contribution is 7.14. The first kappa shape index (κ1) is 27.6. The van der Waals surface area contributed by atoms with Crippen molar-refractivity contribution in [1.29, 1.82) is 0 Å². The van der Waals surface area contributed by atoms with Crippen molar-refractivity contribution in [2.75, 3.05) is 25.5 Å². The molecule has 202 valence electrons.